The molecule has 0 bridgehead atoms. The molecule has 6 heteroatoms. The molecule has 0 radical (unpaired) electrons. The zero-order valence-electron chi connectivity index (χ0n) is 10.2. The van der Waals surface area contributed by atoms with Gasteiger partial charge in [-0.1, -0.05) is 6.58 Å². The fourth-order valence-corrected chi connectivity index (χ4v) is 1.61. The average molecular weight is 252 g/mol. The zero-order chi connectivity index (χ0) is 14.0. The first-order valence-corrected chi connectivity index (χ1v) is 4.91. The number of methoxy groups -OCH3 is 2. The van der Waals surface area contributed by atoms with Gasteiger partial charge >= 0.3 is 5.97 Å². The van der Waals surface area contributed by atoms with Gasteiger partial charge in [-0.15, -0.1) is 0 Å². The molecule has 0 aromatic heterocycles. The molecule has 1 aliphatic rings. The van der Waals surface area contributed by atoms with E-state index < -0.39 is 23.1 Å². The van der Waals surface area contributed by atoms with Crippen LogP contribution in [0.2, 0.25) is 0 Å². The largest absolute Gasteiger partial charge is 0.489 e. The number of carboxylic acids is 1. The molecule has 0 saturated carbocycles. The van der Waals surface area contributed by atoms with Crippen LogP contribution in [0.25, 0.3) is 0 Å². The number of allylic oxidation sites excluding steroid dienone is 2. The highest BCUT2D eigenvalue weighted by molar-refractivity contribution is 6.27. The van der Waals surface area contributed by atoms with Crippen molar-refractivity contribution in [3.8, 4) is 0 Å². The second-order valence-electron chi connectivity index (χ2n) is 3.51. The Bertz CT molecular complexity index is 521. The van der Waals surface area contributed by atoms with Crippen molar-refractivity contribution in [3.05, 3.63) is 34.8 Å². The van der Waals surface area contributed by atoms with E-state index in [0.717, 1.165) is 0 Å². The second-order valence-corrected chi connectivity index (χ2v) is 3.51. The van der Waals surface area contributed by atoms with Gasteiger partial charge in [-0.2, -0.15) is 0 Å². The number of ketones is 2. The van der Waals surface area contributed by atoms with Gasteiger partial charge in [-0.3, -0.25) is 9.59 Å². The highest BCUT2D eigenvalue weighted by Gasteiger charge is 2.37. The molecule has 0 amide bonds. The third kappa shape index (κ3) is 1.92. The monoisotopic (exact) mass is 252 g/mol. The van der Waals surface area contributed by atoms with Crippen LogP contribution in [0.5, 0.6) is 0 Å². The van der Waals surface area contributed by atoms with Crippen LogP contribution < -0.4 is 0 Å². The topological polar surface area (TPSA) is 89.9 Å². The van der Waals surface area contributed by atoms with Crippen LogP contribution in [0.3, 0.4) is 0 Å². The maximum atomic E-state index is 12.0. The van der Waals surface area contributed by atoms with Gasteiger partial charge in [0.15, 0.2) is 0 Å². The third-order valence-corrected chi connectivity index (χ3v) is 2.53. The van der Waals surface area contributed by atoms with Crippen molar-refractivity contribution in [2.24, 2.45) is 0 Å². The Morgan fingerprint density at radius 2 is 1.56 bits per heavy atom. The highest BCUT2D eigenvalue weighted by Crippen LogP contribution is 2.29. The van der Waals surface area contributed by atoms with E-state index in [1.54, 1.807) is 0 Å². The van der Waals surface area contributed by atoms with Crippen LogP contribution in [0.15, 0.2) is 34.8 Å². The van der Waals surface area contributed by atoms with E-state index in [0.29, 0.717) is 0 Å². The van der Waals surface area contributed by atoms with Crippen LogP contribution >= 0.6 is 0 Å². The van der Waals surface area contributed by atoms with Crippen molar-refractivity contribution in [1.82, 2.24) is 0 Å². The van der Waals surface area contributed by atoms with Gasteiger partial charge in [0, 0.05) is 11.1 Å². The Kier molecular flexibility index (Phi) is 3.70. The number of ether oxygens (including phenoxy) is 2. The number of aliphatic carboxylic acids is 1. The summed E-state index contributed by atoms with van der Waals surface area (Å²) >= 11 is 0. The van der Waals surface area contributed by atoms with Gasteiger partial charge in [-0.25, -0.2) is 4.79 Å². The quantitative estimate of drug-likeness (QED) is 0.582. The van der Waals surface area contributed by atoms with Crippen LogP contribution in [0.4, 0.5) is 0 Å². The molecule has 0 aromatic rings. The summed E-state index contributed by atoms with van der Waals surface area (Å²) in [5.74, 6) is -3.24. The number of carboxylic acid groups (broad SMARTS) is 1. The van der Waals surface area contributed by atoms with Gasteiger partial charge in [0.25, 0.3) is 0 Å². The fourth-order valence-electron chi connectivity index (χ4n) is 1.61. The summed E-state index contributed by atoms with van der Waals surface area (Å²) in [6.07, 6.45) is 0. The number of hydrogen-bond acceptors (Lipinski definition) is 5. The van der Waals surface area contributed by atoms with E-state index >= 15 is 0 Å². The van der Waals surface area contributed by atoms with E-state index in [2.05, 4.69) is 6.58 Å². The SMILES string of the molecule is C=C(C(=O)O)C1=C(C)C(=O)C(OC)=C(OC)C1=O. The molecule has 0 aromatic carbocycles. The molecular weight excluding hydrogens is 240 g/mol. The summed E-state index contributed by atoms with van der Waals surface area (Å²) in [4.78, 5) is 34.8. The van der Waals surface area contributed by atoms with Crippen LogP contribution in [0, 0.1) is 0 Å². The van der Waals surface area contributed by atoms with Crippen LogP contribution in [-0.2, 0) is 23.9 Å². The first kappa shape index (κ1) is 13.7. The van der Waals surface area contributed by atoms with Crippen molar-refractivity contribution >= 4 is 17.5 Å². The zero-order valence-corrected chi connectivity index (χ0v) is 10.2. The van der Waals surface area contributed by atoms with Crippen LogP contribution in [-0.4, -0.2) is 36.9 Å². The van der Waals surface area contributed by atoms with Gasteiger partial charge in [0.2, 0.25) is 23.1 Å². The molecule has 0 fully saturated rings. The molecule has 18 heavy (non-hydrogen) atoms. The van der Waals surface area contributed by atoms with Gasteiger partial charge < -0.3 is 14.6 Å². The van der Waals surface area contributed by atoms with Gasteiger partial charge in [0.1, 0.15) is 0 Å². The van der Waals surface area contributed by atoms with E-state index in [-0.39, 0.29) is 22.7 Å². The minimum absolute atomic E-state index is 0.0231. The molecule has 0 atom stereocenters. The molecule has 0 spiro atoms. The molecule has 96 valence electrons. The lowest BCUT2D eigenvalue weighted by atomic mass is 9.89. The summed E-state index contributed by atoms with van der Waals surface area (Å²) in [6.45, 7) is 4.63. The maximum Gasteiger partial charge on any atom is 0.335 e. The summed E-state index contributed by atoms with van der Waals surface area (Å²) in [5.41, 5.74) is -0.731. The average Bonchev–Trinajstić information content (AvgIpc) is 2.33. The Morgan fingerprint density at radius 3 is 1.94 bits per heavy atom. The van der Waals surface area contributed by atoms with E-state index in [9.17, 15) is 14.4 Å². The fraction of sp³-hybridized carbons (Fsp3) is 0.250. The van der Waals surface area contributed by atoms with Crippen molar-refractivity contribution in [1.29, 1.82) is 0 Å². The normalized spacial score (nSPS) is 15.9. The number of rotatable bonds is 4. The van der Waals surface area contributed by atoms with Crippen molar-refractivity contribution in [2.75, 3.05) is 14.2 Å². The van der Waals surface area contributed by atoms with Crippen molar-refractivity contribution < 1.29 is 29.0 Å². The molecular formula is C12H12O6. The van der Waals surface area contributed by atoms with Crippen molar-refractivity contribution in [2.45, 2.75) is 6.92 Å². The Labute approximate surface area is 103 Å². The number of carbonyl (C=O) groups excluding carboxylic acids is 2. The Morgan fingerprint density at radius 1 is 1.11 bits per heavy atom. The molecule has 0 heterocycles. The predicted molar refractivity (Wildman–Crippen MR) is 60.5 cm³/mol. The lowest BCUT2D eigenvalue weighted by Crippen LogP contribution is -2.27. The highest BCUT2D eigenvalue weighted by atomic mass is 16.5. The lowest BCUT2D eigenvalue weighted by molar-refractivity contribution is -0.132. The number of carbonyl (C=O) groups is 3. The third-order valence-electron chi connectivity index (χ3n) is 2.53. The molecule has 1 rings (SSSR count). The minimum Gasteiger partial charge on any atom is -0.489 e. The standard InChI is InChI=1S/C12H12O6/c1-5-7(6(2)12(15)16)9(14)11(18-4)10(17-3)8(5)13/h2H2,1,3-4H3,(H,15,16). The summed E-state index contributed by atoms with van der Waals surface area (Å²) in [7, 11) is 2.42. The van der Waals surface area contributed by atoms with Gasteiger partial charge in [-0.05, 0) is 6.92 Å². The summed E-state index contributed by atoms with van der Waals surface area (Å²) in [6, 6.07) is 0. The molecule has 0 unspecified atom stereocenters. The molecule has 0 saturated heterocycles. The van der Waals surface area contributed by atoms with E-state index in [4.69, 9.17) is 14.6 Å². The Hall–Kier alpha value is -2.37. The van der Waals surface area contributed by atoms with Gasteiger partial charge in [0.05, 0.1) is 19.8 Å². The number of hydrogen-bond donors (Lipinski definition) is 1. The summed E-state index contributed by atoms with van der Waals surface area (Å²) in [5, 5.41) is 8.85. The maximum absolute atomic E-state index is 12.0. The Balaban J connectivity index is 3.44. The molecule has 1 aliphatic carbocycles. The molecule has 6 nitrogen and oxygen atoms in total. The van der Waals surface area contributed by atoms with Crippen LogP contribution in [0.1, 0.15) is 6.92 Å². The molecule has 1 N–H and O–H groups in total. The first-order valence-electron chi connectivity index (χ1n) is 4.91. The first-order chi connectivity index (χ1) is 8.36. The summed E-state index contributed by atoms with van der Waals surface area (Å²) < 4.78 is 9.61. The smallest absolute Gasteiger partial charge is 0.335 e. The number of Topliss-reactive ketones (excluding diaryl/α,β-unsaturated/α-hetero) is 2. The van der Waals surface area contributed by atoms with E-state index in [1.807, 2.05) is 0 Å². The predicted octanol–water partition coefficient (Wildman–Crippen LogP) is 0.600. The lowest BCUT2D eigenvalue weighted by Gasteiger charge is -2.20. The minimum atomic E-state index is -1.37. The van der Waals surface area contributed by atoms with E-state index in [1.165, 1.54) is 21.1 Å². The van der Waals surface area contributed by atoms with Crippen molar-refractivity contribution in [3.63, 3.8) is 0 Å². The second kappa shape index (κ2) is 4.87. The molecule has 0 aliphatic heterocycles.